The Morgan fingerprint density at radius 2 is 1.65 bits per heavy atom. The van der Waals surface area contributed by atoms with E-state index < -0.39 is 5.97 Å². The molecule has 136 valence electrons. The van der Waals surface area contributed by atoms with Crippen LogP contribution in [-0.2, 0) is 4.74 Å². The van der Waals surface area contributed by atoms with Crippen LogP contribution in [0.4, 0.5) is 4.39 Å². The second kappa shape index (κ2) is 8.13. The summed E-state index contributed by atoms with van der Waals surface area (Å²) in [7, 11) is 1.33. The number of benzene rings is 2. The van der Waals surface area contributed by atoms with Crippen LogP contribution in [0.15, 0.2) is 48.5 Å². The first-order chi connectivity index (χ1) is 12.6. The third-order valence-electron chi connectivity index (χ3n) is 4.85. The van der Waals surface area contributed by atoms with E-state index in [9.17, 15) is 14.0 Å². The van der Waals surface area contributed by atoms with Gasteiger partial charge in [0.1, 0.15) is 5.82 Å². The summed E-state index contributed by atoms with van der Waals surface area (Å²) in [5.74, 6) is -0.511. The van der Waals surface area contributed by atoms with Gasteiger partial charge in [0.15, 0.2) is 0 Å². The molecule has 5 heteroatoms. The Balaban J connectivity index is 1.75. The molecule has 2 aromatic carbocycles. The maximum absolute atomic E-state index is 13.2. The number of ether oxygens (including phenoxy) is 1. The smallest absolute Gasteiger partial charge is 0.337 e. The van der Waals surface area contributed by atoms with Crippen molar-refractivity contribution in [3.63, 3.8) is 0 Å². The maximum atomic E-state index is 13.2. The zero-order valence-electron chi connectivity index (χ0n) is 14.8. The molecule has 1 aliphatic rings. The fraction of sp³-hybridized carbons (Fsp3) is 0.333. The second-order valence-electron chi connectivity index (χ2n) is 6.56. The lowest BCUT2D eigenvalue weighted by Crippen LogP contribution is -2.34. The van der Waals surface area contributed by atoms with Crippen LogP contribution in [0.5, 0.6) is 0 Å². The zero-order valence-corrected chi connectivity index (χ0v) is 14.8. The molecule has 1 heterocycles. The highest BCUT2D eigenvalue weighted by atomic mass is 19.1. The number of halogens is 1. The topological polar surface area (TPSA) is 46.6 Å². The predicted molar refractivity (Wildman–Crippen MR) is 96.7 cm³/mol. The van der Waals surface area contributed by atoms with Gasteiger partial charge in [-0.2, -0.15) is 0 Å². The van der Waals surface area contributed by atoms with Crippen molar-refractivity contribution in [1.82, 2.24) is 4.90 Å². The van der Waals surface area contributed by atoms with E-state index in [2.05, 4.69) is 4.74 Å². The normalized spacial score (nSPS) is 17.5. The molecule has 0 radical (unpaired) electrons. The minimum atomic E-state index is -0.421. The Morgan fingerprint density at radius 1 is 1.00 bits per heavy atom. The molecule has 0 aromatic heterocycles. The minimum Gasteiger partial charge on any atom is -0.465 e. The number of likely N-dealkylation sites (tertiary alicyclic amines) is 1. The summed E-state index contributed by atoms with van der Waals surface area (Å²) < 4.78 is 17.9. The van der Waals surface area contributed by atoms with Crippen molar-refractivity contribution in [2.24, 2.45) is 0 Å². The quantitative estimate of drug-likeness (QED) is 0.781. The molecule has 3 rings (SSSR count). The van der Waals surface area contributed by atoms with Crippen molar-refractivity contribution in [3.05, 3.63) is 71.0 Å². The van der Waals surface area contributed by atoms with Gasteiger partial charge in [0, 0.05) is 24.6 Å². The molecule has 0 saturated carbocycles. The molecule has 1 atom stereocenters. The average molecular weight is 355 g/mol. The van der Waals surface area contributed by atoms with Gasteiger partial charge in [-0.05, 0) is 54.8 Å². The monoisotopic (exact) mass is 355 g/mol. The number of esters is 1. The van der Waals surface area contributed by atoms with Crippen LogP contribution in [0.3, 0.4) is 0 Å². The lowest BCUT2D eigenvalue weighted by atomic mass is 9.94. The van der Waals surface area contributed by atoms with Gasteiger partial charge >= 0.3 is 5.97 Å². The number of carbonyl (C=O) groups is 2. The van der Waals surface area contributed by atoms with Gasteiger partial charge < -0.3 is 9.64 Å². The first kappa shape index (κ1) is 18.1. The van der Waals surface area contributed by atoms with E-state index in [4.69, 9.17) is 0 Å². The highest BCUT2D eigenvalue weighted by molar-refractivity contribution is 5.96. The first-order valence-electron chi connectivity index (χ1n) is 8.81. The van der Waals surface area contributed by atoms with Crippen molar-refractivity contribution in [2.45, 2.75) is 25.2 Å². The van der Waals surface area contributed by atoms with E-state index in [0.29, 0.717) is 24.2 Å². The van der Waals surface area contributed by atoms with Crippen LogP contribution < -0.4 is 0 Å². The second-order valence-corrected chi connectivity index (χ2v) is 6.56. The molecular formula is C21H22FNO3. The van der Waals surface area contributed by atoms with E-state index in [1.165, 1.54) is 19.2 Å². The number of rotatable bonds is 3. The summed E-state index contributed by atoms with van der Waals surface area (Å²) in [6, 6.07) is 13.1. The lowest BCUT2D eigenvalue weighted by Gasteiger charge is -2.25. The fourth-order valence-corrected chi connectivity index (χ4v) is 3.38. The molecule has 0 unspecified atom stereocenters. The molecule has 0 aliphatic carbocycles. The van der Waals surface area contributed by atoms with E-state index in [-0.39, 0.29) is 17.6 Å². The largest absolute Gasteiger partial charge is 0.465 e. The summed E-state index contributed by atoms with van der Waals surface area (Å²) in [6.07, 6.45) is 2.97. The molecule has 1 saturated heterocycles. The molecule has 1 aliphatic heterocycles. The molecular weight excluding hydrogens is 333 g/mol. The fourth-order valence-electron chi connectivity index (χ4n) is 3.38. The number of hydrogen-bond acceptors (Lipinski definition) is 3. The Kier molecular flexibility index (Phi) is 5.66. The highest BCUT2D eigenvalue weighted by Crippen LogP contribution is 2.27. The summed E-state index contributed by atoms with van der Waals surface area (Å²) in [5.41, 5.74) is 2.04. The number of hydrogen-bond donors (Lipinski definition) is 0. The average Bonchev–Trinajstić information content (AvgIpc) is 2.94. The number of amides is 1. The molecule has 4 nitrogen and oxygen atoms in total. The third kappa shape index (κ3) is 4.10. The van der Waals surface area contributed by atoms with Crippen LogP contribution in [0.1, 0.15) is 51.5 Å². The molecule has 1 fully saturated rings. The van der Waals surface area contributed by atoms with E-state index in [1.54, 1.807) is 36.4 Å². The molecule has 26 heavy (non-hydrogen) atoms. The zero-order chi connectivity index (χ0) is 18.5. The SMILES string of the molecule is COC(=O)c1ccc(C(=O)N2CCCC[C@H](c3ccc(F)cc3)C2)cc1. The van der Waals surface area contributed by atoms with Gasteiger partial charge in [0.05, 0.1) is 12.7 Å². The minimum absolute atomic E-state index is 0.0459. The van der Waals surface area contributed by atoms with Crippen LogP contribution >= 0.6 is 0 Å². The maximum Gasteiger partial charge on any atom is 0.337 e. The summed E-state index contributed by atoms with van der Waals surface area (Å²) >= 11 is 0. The van der Waals surface area contributed by atoms with Gasteiger partial charge in [-0.1, -0.05) is 18.6 Å². The first-order valence-corrected chi connectivity index (χ1v) is 8.81. The summed E-state index contributed by atoms with van der Waals surface area (Å²) in [4.78, 5) is 26.3. The molecule has 0 N–H and O–H groups in total. The van der Waals surface area contributed by atoms with Gasteiger partial charge in [-0.25, -0.2) is 9.18 Å². The standard InChI is InChI=1S/C21H22FNO3/c1-26-21(25)17-7-5-16(6-8-17)20(24)23-13-3-2-4-18(14-23)15-9-11-19(22)12-10-15/h5-12,18H,2-4,13-14H2,1H3/t18-/m0/s1. The highest BCUT2D eigenvalue weighted by Gasteiger charge is 2.24. The van der Waals surface area contributed by atoms with Crippen molar-refractivity contribution < 1.29 is 18.7 Å². The molecule has 2 aromatic rings. The van der Waals surface area contributed by atoms with Crippen molar-refractivity contribution in [3.8, 4) is 0 Å². The number of carbonyl (C=O) groups excluding carboxylic acids is 2. The molecule has 0 bridgehead atoms. The Labute approximate surface area is 152 Å². The van der Waals surface area contributed by atoms with Crippen molar-refractivity contribution in [1.29, 1.82) is 0 Å². The van der Waals surface area contributed by atoms with Gasteiger partial charge in [-0.3, -0.25) is 4.79 Å². The third-order valence-corrected chi connectivity index (χ3v) is 4.85. The van der Waals surface area contributed by atoms with Crippen molar-refractivity contribution >= 4 is 11.9 Å². The lowest BCUT2D eigenvalue weighted by molar-refractivity contribution is 0.0599. The molecule has 0 spiro atoms. The van der Waals surface area contributed by atoms with Crippen molar-refractivity contribution in [2.75, 3.05) is 20.2 Å². The Hall–Kier alpha value is -2.69. The van der Waals surface area contributed by atoms with Crippen LogP contribution in [0.25, 0.3) is 0 Å². The summed E-state index contributed by atoms with van der Waals surface area (Å²) in [5, 5.41) is 0. The number of nitrogens with zero attached hydrogens (tertiary/aromatic N) is 1. The Morgan fingerprint density at radius 3 is 2.31 bits per heavy atom. The van der Waals surface area contributed by atoms with E-state index >= 15 is 0 Å². The predicted octanol–water partition coefficient (Wildman–Crippen LogP) is 4.02. The van der Waals surface area contributed by atoms with Crippen LogP contribution in [0, 0.1) is 5.82 Å². The van der Waals surface area contributed by atoms with Crippen LogP contribution in [-0.4, -0.2) is 37.0 Å². The Bertz CT molecular complexity index is 771. The summed E-state index contributed by atoms with van der Waals surface area (Å²) in [6.45, 7) is 1.32. The number of methoxy groups -OCH3 is 1. The van der Waals surface area contributed by atoms with E-state index in [0.717, 1.165) is 24.8 Å². The van der Waals surface area contributed by atoms with Crippen LogP contribution in [0.2, 0.25) is 0 Å². The molecule has 1 amide bonds. The van der Waals surface area contributed by atoms with Gasteiger partial charge in [0.2, 0.25) is 0 Å². The van der Waals surface area contributed by atoms with E-state index in [1.807, 2.05) is 4.90 Å². The van der Waals surface area contributed by atoms with Gasteiger partial charge in [-0.15, -0.1) is 0 Å². The van der Waals surface area contributed by atoms with Gasteiger partial charge in [0.25, 0.3) is 5.91 Å².